The largest absolute Gasteiger partial charge is 0.490 e. The number of hydrogen-bond acceptors (Lipinski definition) is 3. The molecule has 1 N–H and O–H groups in total. The summed E-state index contributed by atoms with van der Waals surface area (Å²) in [5.74, 6) is -0.164. The number of benzene rings is 1. The van der Waals surface area contributed by atoms with Crippen LogP contribution in [0.2, 0.25) is 5.02 Å². The van der Waals surface area contributed by atoms with Gasteiger partial charge in [0.15, 0.2) is 0 Å². The van der Waals surface area contributed by atoms with Crippen LogP contribution in [0.3, 0.4) is 0 Å². The number of fused-ring (bicyclic) bond motifs is 1. The van der Waals surface area contributed by atoms with E-state index in [1.54, 1.807) is 24.3 Å². The first-order valence-corrected chi connectivity index (χ1v) is 4.91. The molecule has 0 spiro atoms. The Morgan fingerprint density at radius 3 is 2.62 bits per heavy atom. The zero-order valence-electron chi connectivity index (χ0n) is 8.41. The number of rotatable bonds is 1. The minimum Gasteiger partial charge on any atom is -0.490 e. The van der Waals surface area contributed by atoms with Crippen LogP contribution in [0.25, 0.3) is 10.9 Å². The van der Waals surface area contributed by atoms with Gasteiger partial charge in [0.25, 0.3) is 5.56 Å². The lowest BCUT2D eigenvalue weighted by atomic mass is 10.2. The molecule has 0 bridgehead atoms. The maximum atomic E-state index is 11.9. The molecule has 0 unspecified atom stereocenters. The zero-order chi connectivity index (χ0) is 11.7. The number of halogens is 1. The van der Waals surface area contributed by atoms with Crippen LogP contribution in [0.5, 0.6) is 5.75 Å². The van der Waals surface area contributed by atoms with Crippen molar-refractivity contribution < 1.29 is 4.74 Å². The highest BCUT2D eigenvalue weighted by Crippen LogP contribution is 2.15. The van der Waals surface area contributed by atoms with E-state index < -0.39 is 11.0 Å². The summed E-state index contributed by atoms with van der Waals surface area (Å²) >= 11 is 5.80. The standard InChI is InChI=1S/C11H8ClNO3/c1-16-10-8(12)9(14)6-4-2-3-5-7(6)13-11(10)15/h2-5H,1H3,(H,13,15). The van der Waals surface area contributed by atoms with Crippen molar-refractivity contribution in [2.45, 2.75) is 0 Å². The van der Waals surface area contributed by atoms with E-state index >= 15 is 0 Å². The molecule has 1 heterocycles. The lowest BCUT2D eigenvalue weighted by Crippen LogP contribution is -2.07. The van der Waals surface area contributed by atoms with Gasteiger partial charge in [-0.3, -0.25) is 9.59 Å². The number of aromatic nitrogens is 1. The highest BCUT2D eigenvalue weighted by Gasteiger charge is 2.10. The molecule has 0 aliphatic heterocycles. The van der Waals surface area contributed by atoms with Gasteiger partial charge < -0.3 is 9.72 Å². The first-order valence-electron chi connectivity index (χ1n) is 4.54. The number of hydrogen-bond donors (Lipinski definition) is 1. The second-order valence-corrected chi connectivity index (χ2v) is 3.55. The molecule has 2 aromatic rings. The summed E-state index contributed by atoms with van der Waals surface area (Å²) in [5.41, 5.74) is -0.513. The molecule has 16 heavy (non-hydrogen) atoms. The van der Waals surface area contributed by atoms with Crippen LogP contribution in [0.15, 0.2) is 33.9 Å². The maximum absolute atomic E-state index is 11.9. The van der Waals surface area contributed by atoms with Gasteiger partial charge in [-0.05, 0) is 12.1 Å². The van der Waals surface area contributed by atoms with Crippen molar-refractivity contribution in [1.29, 1.82) is 0 Å². The lowest BCUT2D eigenvalue weighted by molar-refractivity contribution is 0.409. The van der Waals surface area contributed by atoms with Crippen molar-refractivity contribution in [3.05, 3.63) is 49.9 Å². The Kier molecular flexibility index (Phi) is 2.66. The Morgan fingerprint density at radius 1 is 1.25 bits per heavy atom. The van der Waals surface area contributed by atoms with Crippen LogP contribution >= 0.6 is 11.6 Å². The van der Waals surface area contributed by atoms with Gasteiger partial charge in [-0.15, -0.1) is 0 Å². The summed E-state index contributed by atoms with van der Waals surface area (Å²) < 4.78 is 4.81. The van der Waals surface area contributed by atoms with Crippen LogP contribution in [0.4, 0.5) is 0 Å². The molecular weight excluding hydrogens is 230 g/mol. The fourth-order valence-corrected chi connectivity index (χ4v) is 1.74. The molecule has 82 valence electrons. The third-order valence-corrected chi connectivity index (χ3v) is 2.57. The molecule has 5 heteroatoms. The Balaban J connectivity index is 3.12. The van der Waals surface area contributed by atoms with E-state index in [2.05, 4.69) is 4.98 Å². The summed E-state index contributed by atoms with van der Waals surface area (Å²) in [5, 5.41) is 0.151. The van der Waals surface area contributed by atoms with E-state index in [-0.39, 0.29) is 10.8 Å². The summed E-state index contributed by atoms with van der Waals surface area (Å²) in [7, 11) is 1.29. The van der Waals surface area contributed by atoms with Crippen LogP contribution < -0.4 is 15.7 Å². The lowest BCUT2D eigenvalue weighted by Gasteiger charge is -1.93. The van der Waals surface area contributed by atoms with E-state index in [1.165, 1.54) is 7.11 Å². The number of methoxy groups -OCH3 is 1. The van der Waals surface area contributed by atoms with E-state index in [0.717, 1.165) is 0 Å². The van der Waals surface area contributed by atoms with Crippen LogP contribution in [-0.2, 0) is 0 Å². The summed E-state index contributed by atoms with van der Waals surface area (Å²) in [6.07, 6.45) is 0. The van der Waals surface area contributed by atoms with Crippen LogP contribution in [0, 0.1) is 0 Å². The predicted molar refractivity (Wildman–Crippen MR) is 62.4 cm³/mol. The molecule has 0 aliphatic carbocycles. The molecule has 0 fully saturated rings. The Hall–Kier alpha value is -1.81. The Morgan fingerprint density at radius 2 is 1.94 bits per heavy atom. The molecular formula is C11H8ClNO3. The molecule has 1 aromatic heterocycles. The van der Waals surface area contributed by atoms with Gasteiger partial charge in [0.05, 0.1) is 12.6 Å². The fraction of sp³-hybridized carbons (Fsp3) is 0.0909. The van der Waals surface area contributed by atoms with Gasteiger partial charge in [-0.1, -0.05) is 23.7 Å². The number of para-hydroxylation sites is 1. The van der Waals surface area contributed by atoms with E-state index in [9.17, 15) is 9.59 Å². The topological polar surface area (TPSA) is 59.2 Å². The second kappa shape index (κ2) is 3.98. The van der Waals surface area contributed by atoms with Crippen molar-refractivity contribution in [2.75, 3.05) is 7.11 Å². The van der Waals surface area contributed by atoms with Crippen molar-refractivity contribution in [3.8, 4) is 5.75 Å². The Labute approximate surface area is 95.4 Å². The smallest absolute Gasteiger partial charge is 0.292 e. The number of ether oxygens (including phenoxy) is 1. The highest BCUT2D eigenvalue weighted by atomic mass is 35.5. The van der Waals surface area contributed by atoms with Crippen LogP contribution in [0.1, 0.15) is 0 Å². The minimum absolute atomic E-state index is 0.164. The second-order valence-electron chi connectivity index (χ2n) is 3.18. The van der Waals surface area contributed by atoms with Crippen molar-refractivity contribution >= 4 is 22.5 Å². The molecule has 0 radical (unpaired) electrons. The molecule has 0 atom stereocenters. The first kappa shape index (κ1) is 10.7. The fourth-order valence-electron chi connectivity index (χ4n) is 1.47. The average Bonchev–Trinajstić information content (AvgIpc) is 2.37. The highest BCUT2D eigenvalue weighted by molar-refractivity contribution is 6.32. The van der Waals surface area contributed by atoms with E-state index in [4.69, 9.17) is 16.3 Å². The van der Waals surface area contributed by atoms with Crippen LogP contribution in [-0.4, -0.2) is 12.1 Å². The third kappa shape index (κ3) is 1.57. The number of nitrogens with one attached hydrogen (secondary N) is 1. The van der Waals surface area contributed by atoms with E-state index in [1.807, 2.05) is 0 Å². The molecule has 0 saturated carbocycles. The van der Waals surface area contributed by atoms with Crippen molar-refractivity contribution in [1.82, 2.24) is 4.98 Å². The van der Waals surface area contributed by atoms with Gasteiger partial charge >= 0.3 is 0 Å². The van der Waals surface area contributed by atoms with Crippen molar-refractivity contribution in [2.24, 2.45) is 0 Å². The summed E-state index contributed by atoms with van der Waals surface area (Å²) in [6, 6.07) is 6.65. The minimum atomic E-state index is -0.522. The monoisotopic (exact) mass is 237 g/mol. The maximum Gasteiger partial charge on any atom is 0.292 e. The number of aromatic amines is 1. The SMILES string of the molecule is COc1c(Cl)c(=O)c2ccccc2[nH]c1=O. The normalized spacial score (nSPS) is 10.4. The average molecular weight is 238 g/mol. The summed E-state index contributed by atoms with van der Waals surface area (Å²) in [4.78, 5) is 26.1. The molecule has 1 aromatic carbocycles. The molecule has 2 rings (SSSR count). The first-order chi connectivity index (χ1) is 7.65. The van der Waals surface area contributed by atoms with Crippen molar-refractivity contribution in [3.63, 3.8) is 0 Å². The van der Waals surface area contributed by atoms with Gasteiger partial charge in [-0.25, -0.2) is 0 Å². The summed E-state index contributed by atoms with van der Waals surface area (Å²) in [6.45, 7) is 0. The van der Waals surface area contributed by atoms with Gasteiger partial charge in [-0.2, -0.15) is 0 Å². The van der Waals surface area contributed by atoms with Gasteiger partial charge in [0.1, 0.15) is 5.02 Å². The van der Waals surface area contributed by atoms with E-state index in [0.29, 0.717) is 10.9 Å². The molecule has 0 amide bonds. The number of H-pyrrole nitrogens is 1. The Bertz CT molecular complexity index is 663. The third-order valence-electron chi connectivity index (χ3n) is 2.23. The quantitative estimate of drug-likeness (QED) is 0.819. The van der Waals surface area contributed by atoms with Gasteiger partial charge in [0, 0.05) is 5.39 Å². The predicted octanol–water partition coefficient (Wildman–Crippen LogP) is 1.55. The van der Waals surface area contributed by atoms with Gasteiger partial charge in [0.2, 0.25) is 11.2 Å². The molecule has 0 aliphatic rings. The molecule has 4 nitrogen and oxygen atoms in total. The molecule has 0 saturated heterocycles. The zero-order valence-corrected chi connectivity index (χ0v) is 9.17.